The Labute approximate surface area is 111 Å². The van der Waals surface area contributed by atoms with Gasteiger partial charge in [-0.05, 0) is 19.2 Å². The second-order valence-electron chi connectivity index (χ2n) is 4.14. The number of aliphatic hydroxyl groups is 1. The van der Waals surface area contributed by atoms with Gasteiger partial charge in [0.1, 0.15) is 0 Å². The van der Waals surface area contributed by atoms with E-state index in [0.717, 1.165) is 11.4 Å². The molecule has 0 aromatic heterocycles. The molecule has 1 aromatic rings. The van der Waals surface area contributed by atoms with Crippen molar-refractivity contribution in [2.45, 2.75) is 19.6 Å². The van der Waals surface area contributed by atoms with Gasteiger partial charge in [0, 0.05) is 42.2 Å². The van der Waals surface area contributed by atoms with E-state index in [1.807, 2.05) is 18.2 Å². The van der Waals surface area contributed by atoms with E-state index < -0.39 is 4.92 Å². The van der Waals surface area contributed by atoms with Gasteiger partial charge in [-0.2, -0.15) is 11.8 Å². The Kier molecular flexibility index (Phi) is 5.43. The van der Waals surface area contributed by atoms with E-state index in [4.69, 9.17) is 0 Å². The summed E-state index contributed by atoms with van der Waals surface area (Å²) in [6.45, 7) is 1.88. The summed E-state index contributed by atoms with van der Waals surface area (Å²) in [4.78, 5) is 12.3. The van der Waals surface area contributed by atoms with E-state index >= 15 is 0 Å². The number of rotatable bonds is 6. The fourth-order valence-electron chi connectivity index (χ4n) is 1.75. The van der Waals surface area contributed by atoms with Gasteiger partial charge < -0.3 is 10.0 Å². The Hall–Kier alpha value is -1.27. The van der Waals surface area contributed by atoms with Crippen LogP contribution in [-0.4, -0.2) is 35.1 Å². The highest BCUT2D eigenvalue weighted by Crippen LogP contribution is 2.26. The summed E-state index contributed by atoms with van der Waals surface area (Å²) in [5.74, 6) is 0.957. The van der Waals surface area contributed by atoms with Crippen LogP contribution in [0.5, 0.6) is 0 Å². The molecule has 6 heteroatoms. The number of nitro benzene ring substituents is 1. The Morgan fingerprint density at radius 3 is 2.72 bits per heavy atom. The van der Waals surface area contributed by atoms with Crippen molar-refractivity contribution in [2.75, 3.05) is 24.0 Å². The second-order valence-corrected chi connectivity index (χ2v) is 5.05. The number of aliphatic hydroxyl groups excluding tert-OH is 1. The van der Waals surface area contributed by atoms with Gasteiger partial charge in [0.15, 0.2) is 0 Å². The first-order chi connectivity index (χ1) is 8.51. The standard InChI is InChI=1S/C12H18N2O3S/c1-9(8-18-3)13(2)12-5-4-11(14(16)17)6-10(12)7-15/h4-6,9,15H,7-8H2,1-3H3. The molecule has 100 valence electrons. The van der Waals surface area contributed by atoms with Crippen LogP contribution < -0.4 is 4.90 Å². The summed E-state index contributed by atoms with van der Waals surface area (Å²) in [6, 6.07) is 4.89. The van der Waals surface area contributed by atoms with Crippen LogP contribution in [0.2, 0.25) is 0 Å². The van der Waals surface area contributed by atoms with Crippen LogP contribution in [0.3, 0.4) is 0 Å². The molecule has 0 amide bonds. The summed E-state index contributed by atoms with van der Waals surface area (Å²) in [5, 5.41) is 20.0. The molecule has 0 aliphatic heterocycles. The fourth-order valence-corrected chi connectivity index (χ4v) is 2.45. The third-order valence-electron chi connectivity index (χ3n) is 2.89. The summed E-state index contributed by atoms with van der Waals surface area (Å²) in [6.07, 6.45) is 2.03. The maximum Gasteiger partial charge on any atom is 0.269 e. The van der Waals surface area contributed by atoms with Crippen LogP contribution in [-0.2, 0) is 6.61 Å². The quantitative estimate of drug-likeness (QED) is 0.634. The van der Waals surface area contributed by atoms with Crippen LogP contribution in [0.15, 0.2) is 18.2 Å². The lowest BCUT2D eigenvalue weighted by Crippen LogP contribution is -2.31. The Morgan fingerprint density at radius 2 is 2.22 bits per heavy atom. The van der Waals surface area contributed by atoms with Crippen molar-refractivity contribution < 1.29 is 10.0 Å². The van der Waals surface area contributed by atoms with E-state index in [-0.39, 0.29) is 12.3 Å². The Morgan fingerprint density at radius 1 is 1.56 bits per heavy atom. The smallest absolute Gasteiger partial charge is 0.269 e. The monoisotopic (exact) mass is 270 g/mol. The van der Waals surface area contributed by atoms with Gasteiger partial charge >= 0.3 is 0 Å². The molecule has 0 radical (unpaired) electrons. The highest BCUT2D eigenvalue weighted by atomic mass is 32.2. The lowest BCUT2D eigenvalue weighted by atomic mass is 10.1. The van der Waals surface area contributed by atoms with Crippen molar-refractivity contribution in [3.63, 3.8) is 0 Å². The number of nitrogens with zero attached hydrogens (tertiary/aromatic N) is 2. The molecule has 1 N–H and O–H groups in total. The van der Waals surface area contributed by atoms with E-state index in [1.165, 1.54) is 12.1 Å². The molecule has 5 nitrogen and oxygen atoms in total. The summed E-state index contributed by atoms with van der Waals surface area (Å²) in [5.41, 5.74) is 1.43. The number of hydrogen-bond donors (Lipinski definition) is 1. The first kappa shape index (κ1) is 14.8. The molecule has 0 aliphatic carbocycles. The predicted molar refractivity (Wildman–Crippen MR) is 75.3 cm³/mol. The van der Waals surface area contributed by atoms with E-state index in [9.17, 15) is 15.2 Å². The maximum atomic E-state index is 10.7. The molecule has 0 fully saturated rings. The summed E-state index contributed by atoms with van der Waals surface area (Å²) >= 11 is 1.74. The molecule has 18 heavy (non-hydrogen) atoms. The average molecular weight is 270 g/mol. The Balaban J connectivity index is 3.05. The molecule has 1 atom stereocenters. The molecule has 1 aromatic carbocycles. The van der Waals surface area contributed by atoms with Gasteiger partial charge in [0.2, 0.25) is 0 Å². The van der Waals surface area contributed by atoms with Crippen molar-refractivity contribution in [3.8, 4) is 0 Å². The molecule has 0 spiro atoms. The predicted octanol–water partition coefficient (Wildman–Crippen LogP) is 2.27. The van der Waals surface area contributed by atoms with Gasteiger partial charge in [-0.1, -0.05) is 0 Å². The largest absolute Gasteiger partial charge is 0.392 e. The van der Waals surface area contributed by atoms with Gasteiger partial charge in [-0.25, -0.2) is 0 Å². The van der Waals surface area contributed by atoms with Crippen molar-refractivity contribution in [3.05, 3.63) is 33.9 Å². The molecule has 1 unspecified atom stereocenters. The molecular weight excluding hydrogens is 252 g/mol. The van der Waals surface area contributed by atoms with Crippen LogP contribution in [0.1, 0.15) is 12.5 Å². The molecule has 0 bridgehead atoms. The van der Waals surface area contributed by atoms with E-state index in [0.29, 0.717) is 11.6 Å². The van der Waals surface area contributed by atoms with Crippen molar-refractivity contribution >= 4 is 23.1 Å². The molecule has 0 aliphatic rings. The first-order valence-corrected chi connectivity index (χ1v) is 7.00. The molecule has 0 heterocycles. The zero-order chi connectivity index (χ0) is 13.7. The van der Waals surface area contributed by atoms with Gasteiger partial charge in [0.05, 0.1) is 11.5 Å². The molecular formula is C12H18N2O3S. The maximum absolute atomic E-state index is 10.7. The van der Waals surface area contributed by atoms with Crippen molar-refractivity contribution in [1.29, 1.82) is 0 Å². The van der Waals surface area contributed by atoms with Gasteiger partial charge in [-0.3, -0.25) is 10.1 Å². The highest BCUT2D eigenvalue weighted by molar-refractivity contribution is 7.98. The SMILES string of the molecule is CSCC(C)N(C)c1ccc([N+](=O)[O-])cc1CO. The fraction of sp³-hybridized carbons (Fsp3) is 0.500. The summed E-state index contributed by atoms with van der Waals surface area (Å²) in [7, 11) is 1.93. The topological polar surface area (TPSA) is 66.6 Å². The van der Waals surface area contributed by atoms with Crippen LogP contribution in [0.4, 0.5) is 11.4 Å². The van der Waals surface area contributed by atoms with Gasteiger partial charge in [-0.15, -0.1) is 0 Å². The van der Waals surface area contributed by atoms with Gasteiger partial charge in [0.25, 0.3) is 5.69 Å². The number of thioether (sulfide) groups is 1. The van der Waals surface area contributed by atoms with Crippen LogP contribution >= 0.6 is 11.8 Å². The lowest BCUT2D eigenvalue weighted by Gasteiger charge is -2.28. The number of anilines is 1. The number of benzene rings is 1. The average Bonchev–Trinajstić information content (AvgIpc) is 2.37. The zero-order valence-corrected chi connectivity index (χ0v) is 11.6. The molecule has 0 saturated carbocycles. The third kappa shape index (κ3) is 3.36. The zero-order valence-electron chi connectivity index (χ0n) is 10.8. The third-order valence-corrected chi connectivity index (χ3v) is 3.71. The Bertz CT molecular complexity index is 426. The van der Waals surface area contributed by atoms with Crippen LogP contribution in [0, 0.1) is 10.1 Å². The molecule has 0 saturated heterocycles. The minimum Gasteiger partial charge on any atom is -0.392 e. The minimum atomic E-state index is -0.450. The lowest BCUT2D eigenvalue weighted by molar-refractivity contribution is -0.384. The van der Waals surface area contributed by atoms with Crippen LogP contribution in [0.25, 0.3) is 0 Å². The summed E-state index contributed by atoms with van der Waals surface area (Å²) < 4.78 is 0. The number of hydrogen-bond acceptors (Lipinski definition) is 5. The second kappa shape index (κ2) is 6.61. The van der Waals surface area contributed by atoms with E-state index in [2.05, 4.69) is 6.92 Å². The molecule has 1 rings (SSSR count). The van der Waals surface area contributed by atoms with Crippen molar-refractivity contribution in [1.82, 2.24) is 0 Å². The van der Waals surface area contributed by atoms with Crippen molar-refractivity contribution in [2.24, 2.45) is 0 Å². The normalized spacial score (nSPS) is 12.2. The highest BCUT2D eigenvalue weighted by Gasteiger charge is 2.16. The minimum absolute atomic E-state index is 0.00807. The number of non-ortho nitro benzene ring substituents is 1. The number of nitro groups is 1. The van der Waals surface area contributed by atoms with E-state index in [1.54, 1.807) is 17.8 Å². The first-order valence-electron chi connectivity index (χ1n) is 5.61.